The molecule has 3 nitrogen and oxygen atoms in total. The molecule has 4 heterocycles. The molecule has 1 fully saturated rings. The van der Waals surface area contributed by atoms with Gasteiger partial charge in [0, 0.05) is 71.7 Å². The number of para-hydroxylation sites is 1. The zero-order valence-electron chi connectivity index (χ0n) is 49.3. The van der Waals surface area contributed by atoms with Gasteiger partial charge in [0.15, 0.2) is 0 Å². The molecular weight excluding hydrogens is 986 g/mol. The minimum Gasteiger partial charge on any atom is -0.334 e. The summed E-state index contributed by atoms with van der Waals surface area (Å²) >= 11 is 1.96. The summed E-state index contributed by atoms with van der Waals surface area (Å²) in [5.41, 5.74) is 27.6. The molecular formula is C75H76BN3S. The second kappa shape index (κ2) is 15.9. The van der Waals surface area contributed by atoms with Gasteiger partial charge < -0.3 is 14.7 Å². The molecule has 0 spiro atoms. The zero-order valence-corrected chi connectivity index (χ0v) is 50.2. The highest BCUT2D eigenvalue weighted by Crippen LogP contribution is 2.63. The molecule has 1 aromatic heterocycles. The van der Waals surface area contributed by atoms with Crippen LogP contribution in [0.1, 0.15) is 173 Å². The Hall–Kier alpha value is -6.56. The van der Waals surface area contributed by atoms with Crippen molar-refractivity contribution in [3.8, 4) is 11.1 Å². The van der Waals surface area contributed by atoms with Crippen LogP contribution in [0.3, 0.4) is 0 Å². The maximum absolute atomic E-state index is 2.86. The van der Waals surface area contributed by atoms with Gasteiger partial charge in [-0.1, -0.05) is 186 Å². The number of fused-ring (bicyclic) bond motifs is 16. The van der Waals surface area contributed by atoms with Crippen LogP contribution in [-0.2, 0) is 32.5 Å². The van der Waals surface area contributed by atoms with Crippen LogP contribution in [0.25, 0.3) is 31.3 Å². The highest BCUT2D eigenvalue weighted by Gasteiger charge is 2.58. The van der Waals surface area contributed by atoms with Gasteiger partial charge in [-0.25, -0.2) is 0 Å². The van der Waals surface area contributed by atoms with Crippen molar-refractivity contribution in [1.82, 2.24) is 0 Å². The number of thiophene rings is 1. The van der Waals surface area contributed by atoms with Gasteiger partial charge in [0.2, 0.25) is 0 Å². The maximum Gasteiger partial charge on any atom is 0.252 e. The summed E-state index contributed by atoms with van der Waals surface area (Å²) in [6.45, 7) is 30.2. The molecule has 80 heavy (non-hydrogen) atoms. The lowest BCUT2D eigenvalue weighted by Crippen LogP contribution is -2.62. The van der Waals surface area contributed by atoms with Crippen molar-refractivity contribution in [3.05, 3.63) is 185 Å². The van der Waals surface area contributed by atoms with Crippen LogP contribution < -0.4 is 31.1 Å². The molecule has 8 aromatic carbocycles. The molecule has 2 unspecified atom stereocenters. The smallest absolute Gasteiger partial charge is 0.252 e. The summed E-state index contributed by atoms with van der Waals surface area (Å²) < 4.78 is 2.67. The topological polar surface area (TPSA) is 9.72 Å². The van der Waals surface area contributed by atoms with Gasteiger partial charge in [-0.2, -0.15) is 0 Å². The lowest BCUT2D eigenvalue weighted by molar-refractivity contribution is 0.195. The normalized spacial score (nSPS) is 23.4. The van der Waals surface area contributed by atoms with E-state index >= 15 is 0 Å². The lowest BCUT2D eigenvalue weighted by Gasteiger charge is -2.51. The number of benzene rings is 8. The van der Waals surface area contributed by atoms with E-state index < -0.39 is 0 Å². The SMILES string of the molecule is CC1(C)CCC(C)(C)c2cc(N3c4cc5c(cc4B4c6ccc7c(c6N(c6cccc8c6sc6ccccc68)c6cc(N8c9ccccc9C9(C)CCCCC89C)cc3c64)-c3ccccc3C7(C)C)C(C)(C)CCC5(C)C)ccc21. The van der Waals surface area contributed by atoms with Crippen molar-refractivity contribution >= 4 is 100 Å². The summed E-state index contributed by atoms with van der Waals surface area (Å²) in [7, 11) is 0. The molecule has 16 rings (SSSR count). The van der Waals surface area contributed by atoms with Gasteiger partial charge in [0.05, 0.1) is 15.9 Å². The van der Waals surface area contributed by atoms with Crippen molar-refractivity contribution in [2.24, 2.45) is 0 Å². The average molecular weight is 1060 g/mol. The molecule has 3 aliphatic heterocycles. The van der Waals surface area contributed by atoms with Crippen LogP contribution in [0, 0.1) is 0 Å². The third kappa shape index (κ3) is 6.24. The van der Waals surface area contributed by atoms with Gasteiger partial charge in [-0.3, -0.25) is 0 Å². The molecule has 4 aliphatic carbocycles. The van der Waals surface area contributed by atoms with Crippen molar-refractivity contribution in [2.75, 3.05) is 14.7 Å². The van der Waals surface area contributed by atoms with Crippen LogP contribution in [0.5, 0.6) is 0 Å². The van der Waals surface area contributed by atoms with Crippen molar-refractivity contribution in [1.29, 1.82) is 0 Å². The summed E-state index contributed by atoms with van der Waals surface area (Å²) in [6, 6.07) is 58.9. The fourth-order valence-corrected chi connectivity index (χ4v) is 18.9. The van der Waals surface area contributed by atoms with Crippen molar-refractivity contribution in [3.63, 3.8) is 0 Å². The maximum atomic E-state index is 2.86. The molecule has 9 aromatic rings. The minimum absolute atomic E-state index is 0.0107. The van der Waals surface area contributed by atoms with Crippen molar-refractivity contribution < 1.29 is 0 Å². The van der Waals surface area contributed by atoms with E-state index in [1.54, 1.807) is 0 Å². The predicted molar refractivity (Wildman–Crippen MR) is 344 cm³/mol. The van der Waals surface area contributed by atoms with Crippen LogP contribution in [0.15, 0.2) is 146 Å². The second-order valence-corrected chi connectivity index (χ2v) is 30.3. The Labute approximate surface area is 480 Å². The van der Waals surface area contributed by atoms with E-state index in [4.69, 9.17) is 0 Å². The molecule has 2 atom stereocenters. The molecule has 0 radical (unpaired) electrons. The summed E-state index contributed by atoms with van der Waals surface area (Å²) in [4.78, 5) is 8.48. The first kappa shape index (κ1) is 49.3. The van der Waals surface area contributed by atoms with E-state index in [1.165, 1.54) is 171 Å². The first-order valence-corrected chi connectivity index (χ1v) is 31.2. The van der Waals surface area contributed by atoms with Crippen LogP contribution in [-0.4, -0.2) is 12.3 Å². The van der Waals surface area contributed by atoms with E-state index in [1.807, 2.05) is 11.3 Å². The molecule has 0 saturated heterocycles. The van der Waals surface area contributed by atoms with Gasteiger partial charge in [0.25, 0.3) is 6.71 Å². The van der Waals surface area contributed by atoms with E-state index in [0.29, 0.717) is 0 Å². The molecule has 1 saturated carbocycles. The molecule has 0 bridgehead atoms. The van der Waals surface area contributed by atoms with E-state index in [9.17, 15) is 0 Å². The van der Waals surface area contributed by atoms with Gasteiger partial charge in [-0.15, -0.1) is 11.3 Å². The highest BCUT2D eigenvalue weighted by molar-refractivity contribution is 7.26. The average Bonchev–Trinajstić information content (AvgIpc) is 3.60. The Morgan fingerprint density at radius 2 is 1.01 bits per heavy atom. The first-order chi connectivity index (χ1) is 38.1. The van der Waals surface area contributed by atoms with Crippen LogP contribution >= 0.6 is 11.3 Å². The summed E-state index contributed by atoms with van der Waals surface area (Å²) in [6.07, 6.45) is 9.49. The Kier molecular flexibility index (Phi) is 9.80. The van der Waals surface area contributed by atoms with E-state index in [2.05, 4.69) is 243 Å². The van der Waals surface area contributed by atoms with Gasteiger partial charge in [-0.05, 0) is 177 Å². The lowest BCUT2D eigenvalue weighted by atomic mass is 9.33. The number of hydrogen-bond donors (Lipinski definition) is 0. The monoisotopic (exact) mass is 1060 g/mol. The van der Waals surface area contributed by atoms with E-state index in [-0.39, 0.29) is 44.7 Å². The fourth-order valence-electron chi connectivity index (χ4n) is 17.7. The van der Waals surface area contributed by atoms with Crippen molar-refractivity contribution in [2.45, 2.75) is 172 Å². The second-order valence-electron chi connectivity index (χ2n) is 29.2. The van der Waals surface area contributed by atoms with Gasteiger partial charge in [0.1, 0.15) is 0 Å². The third-order valence-corrected chi connectivity index (χ3v) is 23.9. The predicted octanol–water partition coefficient (Wildman–Crippen LogP) is 18.9. The Balaban J connectivity index is 1.10. The first-order valence-electron chi connectivity index (χ1n) is 30.3. The summed E-state index contributed by atoms with van der Waals surface area (Å²) in [5, 5.41) is 2.66. The Morgan fingerprint density at radius 1 is 0.412 bits per heavy atom. The van der Waals surface area contributed by atoms with Crippen LogP contribution in [0.4, 0.5) is 45.5 Å². The molecule has 0 N–H and O–H groups in total. The van der Waals surface area contributed by atoms with Gasteiger partial charge >= 0.3 is 0 Å². The third-order valence-electron chi connectivity index (χ3n) is 22.7. The highest BCUT2D eigenvalue weighted by atomic mass is 32.1. The number of nitrogens with zero attached hydrogens (tertiary/aromatic N) is 3. The Bertz CT molecular complexity index is 4210. The number of hydrogen-bond acceptors (Lipinski definition) is 4. The van der Waals surface area contributed by atoms with E-state index in [0.717, 1.165) is 12.8 Å². The van der Waals surface area contributed by atoms with Crippen LogP contribution in [0.2, 0.25) is 0 Å². The number of anilines is 8. The Morgan fingerprint density at radius 3 is 1.77 bits per heavy atom. The minimum atomic E-state index is -0.187. The number of rotatable bonds is 3. The zero-order chi connectivity index (χ0) is 55.0. The molecule has 0 amide bonds. The molecule has 7 aliphatic rings. The fraction of sp³-hybridized carbons (Fsp3) is 0.360. The quantitative estimate of drug-likeness (QED) is 0.163. The molecule has 400 valence electrons. The molecule has 5 heteroatoms. The summed E-state index contributed by atoms with van der Waals surface area (Å²) in [5.74, 6) is 0. The standard InChI is InChI=1S/C75H76BN3S/c1-69(2)36-37-70(3,4)54-40-45(30-31-51(54)69)77-61-44-56-55(71(5,6)38-39-72(56,7)8)43-58(61)76-57-33-32-53-65(49-23-13-15-25-50(49)73(53,9)10)67(57)78(60-28-21-24-48-47-22-14-18-29-64(47)80-68(48)60)63-42-46(41-62(77)66(63)76)79-59-27-17-16-26-52(59)74(11)34-19-20-35-75(74,79)12/h13-18,21-33,40-44H,19-20,34-39H2,1-12H3. The largest absolute Gasteiger partial charge is 0.334 e.